The van der Waals surface area contributed by atoms with Gasteiger partial charge in [-0.3, -0.25) is 0 Å². The van der Waals surface area contributed by atoms with Crippen molar-refractivity contribution in [1.29, 1.82) is 0 Å². The molecule has 2 rings (SSSR count). The SMILES string of the molecule is CC.CC(C)Nc1cc(N2CCOCC2)ccn1. The lowest BCUT2D eigenvalue weighted by Gasteiger charge is -2.29. The smallest absolute Gasteiger partial charge is 0.128 e. The minimum atomic E-state index is 0.410. The number of hydrogen-bond acceptors (Lipinski definition) is 4. The molecule has 0 atom stereocenters. The van der Waals surface area contributed by atoms with E-state index >= 15 is 0 Å². The molecule has 1 saturated heterocycles. The first-order valence-electron chi connectivity index (χ1n) is 6.81. The lowest BCUT2D eigenvalue weighted by molar-refractivity contribution is 0.122. The van der Waals surface area contributed by atoms with Crippen LogP contribution < -0.4 is 10.2 Å². The number of aromatic nitrogens is 1. The van der Waals surface area contributed by atoms with Crippen molar-refractivity contribution < 1.29 is 4.74 Å². The third-order valence-corrected chi connectivity index (χ3v) is 2.56. The molecule has 1 aromatic rings. The summed E-state index contributed by atoms with van der Waals surface area (Å²) in [6, 6.07) is 4.56. The van der Waals surface area contributed by atoms with Crippen LogP contribution in [0.5, 0.6) is 0 Å². The van der Waals surface area contributed by atoms with Gasteiger partial charge in [-0.25, -0.2) is 4.98 Å². The number of pyridine rings is 1. The van der Waals surface area contributed by atoms with Gasteiger partial charge in [0.2, 0.25) is 0 Å². The van der Waals surface area contributed by atoms with Gasteiger partial charge in [-0.2, -0.15) is 0 Å². The molecule has 0 bridgehead atoms. The molecule has 102 valence electrons. The zero-order chi connectivity index (χ0) is 13.4. The molecule has 0 radical (unpaired) electrons. The number of morpholine rings is 1. The molecule has 0 unspecified atom stereocenters. The Morgan fingerprint density at radius 1 is 1.28 bits per heavy atom. The summed E-state index contributed by atoms with van der Waals surface area (Å²) in [7, 11) is 0. The normalized spacial score (nSPS) is 15.1. The predicted octanol–water partition coefficient (Wildman–Crippen LogP) is 2.76. The third-order valence-electron chi connectivity index (χ3n) is 2.56. The Balaban J connectivity index is 0.000000771. The molecule has 0 saturated carbocycles. The van der Waals surface area contributed by atoms with Gasteiger partial charge in [0.25, 0.3) is 0 Å². The van der Waals surface area contributed by atoms with Crippen molar-refractivity contribution in [3.63, 3.8) is 0 Å². The summed E-state index contributed by atoms with van der Waals surface area (Å²) in [4.78, 5) is 6.64. The molecular weight excluding hydrogens is 226 g/mol. The van der Waals surface area contributed by atoms with E-state index in [1.165, 1.54) is 5.69 Å². The average Bonchev–Trinajstić information content (AvgIpc) is 2.42. The first-order valence-corrected chi connectivity index (χ1v) is 6.81. The Hall–Kier alpha value is -1.29. The molecule has 1 aliphatic heterocycles. The number of hydrogen-bond donors (Lipinski definition) is 1. The zero-order valence-corrected chi connectivity index (χ0v) is 11.9. The quantitative estimate of drug-likeness (QED) is 0.896. The van der Waals surface area contributed by atoms with E-state index in [-0.39, 0.29) is 0 Å². The molecule has 0 amide bonds. The van der Waals surface area contributed by atoms with Gasteiger partial charge in [-0.05, 0) is 19.9 Å². The largest absolute Gasteiger partial charge is 0.378 e. The highest BCUT2D eigenvalue weighted by molar-refractivity contribution is 5.54. The maximum Gasteiger partial charge on any atom is 0.128 e. The summed E-state index contributed by atoms with van der Waals surface area (Å²) in [6.45, 7) is 11.8. The van der Waals surface area contributed by atoms with E-state index in [2.05, 4.69) is 41.2 Å². The molecule has 1 aliphatic rings. The summed E-state index contributed by atoms with van der Waals surface area (Å²) in [5, 5.41) is 3.32. The molecule has 2 heterocycles. The van der Waals surface area contributed by atoms with Crippen molar-refractivity contribution in [3.05, 3.63) is 18.3 Å². The van der Waals surface area contributed by atoms with Crippen LogP contribution in [0.15, 0.2) is 18.3 Å². The highest BCUT2D eigenvalue weighted by Gasteiger charge is 2.11. The summed E-state index contributed by atoms with van der Waals surface area (Å²) >= 11 is 0. The standard InChI is InChI=1S/C12H19N3O.C2H6/c1-10(2)14-12-9-11(3-4-13-12)15-5-7-16-8-6-15;1-2/h3-4,9-10H,5-8H2,1-2H3,(H,13,14);1-2H3. The summed E-state index contributed by atoms with van der Waals surface area (Å²) < 4.78 is 5.34. The number of nitrogens with zero attached hydrogens (tertiary/aromatic N) is 2. The Morgan fingerprint density at radius 2 is 1.94 bits per heavy atom. The van der Waals surface area contributed by atoms with Crippen LogP contribution in [0, 0.1) is 0 Å². The molecule has 1 fully saturated rings. The van der Waals surface area contributed by atoms with Gasteiger partial charge in [0.05, 0.1) is 13.2 Å². The minimum Gasteiger partial charge on any atom is -0.378 e. The summed E-state index contributed by atoms with van der Waals surface area (Å²) in [6.07, 6.45) is 1.86. The van der Waals surface area contributed by atoms with Crippen LogP contribution in [-0.4, -0.2) is 37.3 Å². The molecule has 0 spiro atoms. The number of nitrogens with one attached hydrogen (secondary N) is 1. The second kappa shape index (κ2) is 7.93. The van der Waals surface area contributed by atoms with Gasteiger partial charge in [0.15, 0.2) is 0 Å². The lowest BCUT2D eigenvalue weighted by atomic mass is 10.3. The van der Waals surface area contributed by atoms with Crippen LogP contribution >= 0.6 is 0 Å². The van der Waals surface area contributed by atoms with Crippen LogP contribution in [0.3, 0.4) is 0 Å². The monoisotopic (exact) mass is 251 g/mol. The van der Waals surface area contributed by atoms with Crippen LogP contribution in [-0.2, 0) is 4.74 Å². The second-order valence-electron chi connectivity index (χ2n) is 4.30. The third kappa shape index (κ3) is 4.53. The lowest BCUT2D eigenvalue weighted by Crippen LogP contribution is -2.36. The molecule has 4 heteroatoms. The van der Waals surface area contributed by atoms with Gasteiger partial charge >= 0.3 is 0 Å². The number of ether oxygens (including phenoxy) is 1. The predicted molar refractivity (Wildman–Crippen MR) is 77.4 cm³/mol. The van der Waals surface area contributed by atoms with E-state index in [0.29, 0.717) is 6.04 Å². The first kappa shape index (κ1) is 14.8. The molecule has 4 nitrogen and oxygen atoms in total. The zero-order valence-electron chi connectivity index (χ0n) is 11.9. The van der Waals surface area contributed by atoms with Crippen molar-refractivity contribution in [2.45, 2.75) is 33.7 Å². The van der Waals surface area contributed by atoms with Crippen LogP contribution in [0.25, 0.3) is 0 Å². The van der Waals surface area contributed by atoms with Gasteiger partial charge in [-0.15, -0.1) is 0 Å². The van der Waals surface area contributed by atoms with E-state index in [9.17, 15) is 0 Å². The molecule has 1 N–H and O–H groups in total. The van der Waals surface area contributed by atoms with Crippen LogP contribution in [0.2, 0.25) is 0 Å². The van der Waals surface area contributed by atoms with E-state index < -0.39 is 0 Å². The Labute approximate surface area is 110 Å². The highest BCUT2D eigenvalue weighted by atomic mass is 16.5. The first-order chi connectivity index (χ1) is 8.75. The topological polar surface area (TPSA) is 37.4 Å². The van der Waals surface area contributed by atoms with Gasteiger partial charge in [0.1, 0.15) is 5.82 Å². The van der Waals surface area contributed by atoms with Gasteiger partial charge in [0, 0.05) is 37.1 Å². The number of rotatable bonds is 3. The van der Waals surface area contributed by atoms with E-state index in [1.807, 2.05) is 20.0 Å². The van der Waals surface area contributed by atoms with E-state index in [1.54, 1.807) is 0 Å². The fourth-order valence-electron chi connectivity index (χ4n) is 1.81. The number of anilines is 2. The van der Waals surface area contributed by atoms with Crippen molar-refractivity contribution in [2.24, 2.45) is 0 Å². The van der Waals surface area contributed by atoms with E-state index in [0.717, 1.165) is 32.1 Å². The minimum absolute atomic E-state index is 0.410. The highest BCUT2D eigenvalue weighted by Crippen LogP contribution is 2.18. The average molecular weight is 251 g/mol. The van der Waals surface area contributed by atoms with Crippen molar-refractivity contribution in [2.75, 3.05) is 36.5 Å². The fraction of sp³-hybridized carbons (Fsp3) is 0.643. The Kier molecular flexibility index (Phi) is 6.50. The van der Waals surface area contributed by atoms with E-state index in [4.69, 9.17) is 4.74 Å². The van der Waals surface area contributed by atoms with Gasteiger partial charge in [-0.1, -0.05) is 13.8 Å². The molecule has 18 heavy (non-hydrogen) atoms. The molecular formula is C14H25N3O. The second-order valence-corrected chi connectivity index (χ2v) is 4.30. The molecule has 0 aliphatic carbocycles. The summed E-state index contributed by atoms with van der Waals surface area (Å²) in [5.41, 5.74) is 1.22. The van der Waals surface area contributed by atoms with Crippen molar-refractivity contribution in [1.82, 2.24) is 4.98 Å². The van der Waals surface area contributed by atoms with Crippen molar-refractivity contribution in [3.8, 4) is 0 Å². The van der Waals surface area contributed by atoms with Crippen LogP contribution in [0.1, 0.15) is 27.7 Å². The van der Waals surface area contributed by atoms with Crippen LogP contribution in [0.4, 0.5) is 11.5 Å². The molecule has 0 aromatic carbocycles. The Bertz CT molecular complexity index is 336. The maximum atomic E-state index is 5.34. The maximum absolute atomic E-state index is 5.34. The van der Waals surface area contributed by atoms with Gasteiger partial charge < -0.3 is 15.0 Å². The fourth-order valence-corrected chi connectivity index (χ4v) is 1.81. The van der Waals surface area contributed by atoms with Crippen molar-refractivity contribution >= 4 is 11.5 Å². The molecule has 1 aromatic heterocycles. The Morgan fingerprint density at radius 3 is 2.56 bits per heavy atom. The summed E-state index contributed by atoms with van der Waals surface area (Å²) in [5.74, 6) is 0.944.